The van der Waals surface area contributed by atoms with Gasteiger partial charge >= 0.3 is 5.97 Å². The molecule has 4 saturated carbocycles. The number of hydrogen-bond acceptors (Lipinski definition) is 3. The smallest absolute Gasteiger partial charge is 0.305 e. The van der Waals surface area contributed by atoms with E-state index in [0.717, 1.165) is 48.9 Å². The van der Waals surface area contributed by atoms with Gasteiger partial charge in [-0.3, -0.25) is 4.79 Å². The molecule has 3 heteroatoms. The quantitative estimate of drug-likeness (QED) is 0.636. The van der Waals surface area contributed by atoms with Crippen LogP contribution >= 0.6 is 0 Å². The molecule has 0 saturated heterocycles. The molecule has 4 rings (SSSR count). The molecular formula is C25H42O3. The first-order valence-corrected chi connectivity index (χ1v) is 12.0. The van der Waals surface area contributed by atoms with E-state index in [0.29, 0.717) is 23.2 Å². The molecule has 0 aliphatic heterocycles. The Morgan fingerprint density at radius 1 is 1.04 bits per heavy atom. The predicted octanol–water partition coefficient (Wildman–Crippen LogP) is 5.60. The Hall–Kier alpha value is -0.570. The van der Waals surface area contributed by atoms with Gasteiger partial charge < -0.3 is 9.84 Å². The van der Waals surface area contributed by atoms with E-state index in [2.05, 4.69) is 20.8 Å². The Morgan fingerprint density at radius 3 is 2.50 bits per heavy atom. The van der Waals surface area contributed by atoms with Crippen LogP contribution in [0.15, 0.2) is 0 Å². The Bertz CT molecular complexity index is 588. The van der Waals surface area contributed by atoms with E-state index >= 15 is 0 Å². The third-order valence-corrected chi connectivity index (χ3v) is 10.4. The minimum absolute atomic E-state index is 0.0463. The molecule has 0 radical (unpaired) electrons. The van der Waals surface area contributed by atoms with Gasteiger partial charge in [0.05, 0.1) is 13.2 Å². The first-order chi connectivity index (χ1) is 13.3. The summed E-state index contributed by atoms with van der Waals surface area (Å²) >= 11 is 0. The van der Waals surface area contributed by atoms with Gasteiger partial charge in [-0.1, -0.05) is 20.8 Å². The van der Waals surface area contributed by atoms with Crippen LogP contribution in [0.3, 0.4) is 0 Å². The lowest BCUT2D eigenvalue weighted by Gasteiger charge is -2.61. The van der Waals surface area contributed by atoms with E-state index in [4.69, 9.17) is 4.74 Å². The summed E-state index contributed by atoms with van der Waals surface area (Å²) in [5, 5.41) is 10.2. The van der Waals surface area contributed by atoms with Crippen molar-refractivity contribution in [2.45, 2.75) is 97.5 Å². The average molecular weight is 391 g/mol. The van der Waals surface area contributed by atoms with Gasteiger partial charge in [-0.15, -0.1) is 0 Å². The van der Waals surface area contributed by atoms with Crippen molar-refractivity contribution in [2.24, 2.45) is 46.3 Å². The lowest BCUT2D eigenvalue weighted by molar-refractivity contribution is -0.141. The van der Waals surface area contributed by atoms with Gasteiger partial charge in [0.1, 0.15) is 0 Å². The standard InChI is InChI=1S/C25H42O3/c1-16(5-10-23(27)28-4)20-8-9-21-19-7-6-17-15-18(26)11-13-24(17,2)22(19)12-14-25(20,21)3/h16-22,26H,5-15H2,1-4H3/t16?,17-,18?,19?,20?,21?,22?,24+,25?/m1/s1. The maximum atomic E-state index is 11.6. The maximum Gasteiger partial charge on any atom is 0.305 e. The third kappa shape index (κ3) is 3.24. The number of methoxy groups -OCH3 is 1. The summed E-state index contributed by atoms with van der Waals surface area (Å²) in [6.07, 6.45) is 13.1. The molecule has 0 spiro atoms. The van der Waals surface area contributed by atoms with E-state index in [-0.39, 0.29) is 12.1 Å². The van der Waals surface area contributed by atoms with Crippen LogP contribution in [-0.4, -0.2) is 24.3 Å². The number of fused-ring (bicyclic) bond motifs is 5. The van der Waals surface area contributed by atoms with E-state index in [1.165, 1.54) is 52.1 Å². The number of hydrogen-bond donors (Lipinski definition) is 1. The van der Waals surface area contributed by atoms with Crippen molar-refractivity contribution in [1.29, 1.82) is 0 Å². The van der Waals surface area contributed by atoms with Gasteiger partial charge in [0, 0.05) is 6.42 Å². The van der Waals surface area contributed by atoms with Gasteiger partial charge in [0.2, 0.25) is 0 Å². The molecule has 0 bridgehead atoms. The highest BCUT2D eigenvalue weighted by molar-refractivity contribution is 5.69. The molecular weight excluding hydrogens is 348 g/mol. The fraction of sp³-hybridized carbons (Fsp3) is 0.960. The number of aliphatic hydroxyl groups is 1. The van der Waals surface area contributed by atoms with Crippen molar-refractivity contribution >= 4 is 5.97 Å². The van der Waals surface area contributed by atoms with E-state index < -0.39 is 0 Å². The van der Waals surface area contributed by atoms with Gasteiger partial charge in [-0.25, -0.2) is 0 Å². The Balaban J connectivity index is 1.48. The number of carbonyl (C=O) groups is 1. The van der Waals surface area contributed by atoms with Crippen LogP contribution in [0.4, 0.5) is 0 Å². The zero-order valence-electron chi connectivity index (χ0n) is 18.6. The van der Waals surface area contributed by atoms with Crippen LogP contribution < -0.4 is 0 Å². The molecule has 0 aromatic rings. The second-order valence-electron chi connectivity index (χ2n) is 11.4. The molecule has 0 heterocycles. The number of carbonyl (C=O) groups excluding carboxylic acids is 1. The summed E-state index contributed by atoms with van der Waals surface area (Å²) in [5.41, 5.74) is 0.937. The maximum absolute atomic E-state index is 11.6. The van der Waals surface area contributed by atoms with Crippen molar-refractivity contribution in [1.82, 2.24) is 0 Å². The van der Waals surface area contributed by atoms with Crippen LogP contribution in [0.2, 0.25) is 0 Å². The monoisotopic (exact) mass is 390 g/mol. The fourth-order valence-corrected chi connectivity index (χ4v) is 8.86. The van der Waals surface area contributed by atoms with E-state index in [1.807, 2.05) is 0 Å². The van der Waals surface area contributed by atoms with Gasteiger partial charge in [0.25, 0.3) is 0 Å². The lowest BCUT2D eigenvalue weighted by atomic mass is 9.44. The molecule has 28 heavy (non-hydrogen) atoms. The summed E-state index contributed by atoms with van der Waals surface area (Å²) in [7, 11) is 1.50. The van der Waals surface area contributed by atoms with Crippen LogP contribution in [-0.2, 0) is 9.53 Å². The molecule has 0 aromatic carbocycles. The molecule has 0 aromatic heterocycles. The normalized spacial score (nSPS) is 48.9. The van der Waals surface area contributed by atoms with Crippen molar-refractivity contribution in [3.05, 3.63) is 0 Å². The van der Waals surface area contributed by atoms with Crippen LogP contribution in [0.5, 0.6) is 0 Å². The summed E-state index contributed by atoms with van der Waals surface area (Å²) in [5.74, 6) is 4.72. The molecule has 7 unspecified atom stereocenters. The van der Waals surface area contributed by atoms with Gasteiger partial charge in [0.15, 0.2) is 0 Å². The highest BCUT2D eigenvalue weighted by Crippen LogP contribution is 2.68. The minimum atomic E-state index is -0.0546. The first-order valence-electron chi connectivity index (χ1n) is 12.0. The van der Waals surface area contributed by atoms with E-state index in [9.17, 15) is 9.90 Å². The van der Waals surface area contributed by atoms with E-state index in [1.54, 1.807) is 0 Å². The number of esters is 1. The molecule has 3 nitrogen and oxygen atoms in total. The van der Waals surface area contributed by atoms with Crippen LogP contribution in [0.1, 0.15) is 91.4 Å². The molecule has 4 aliphatic carbocycles. The topological polar surface area (TPSA) is 46.5 Å². The molecule has 4 fully saturated rings. The number of aliphatic hydroxyl groups excluding tert-OH is 1. The van der Waals surface area contributed by atoms with Crippen molar-refractivity contribution in [3.8, 4) is 0 Å². The number of rotatable bonds is 4. The van der Waals surface area contributed by atoms with Gasteiger partial charge in [-0.05, 0) is 111 Å². The second kappa shape index (κ2) is 7.60. The largest absolute Gasteiger partial charge is 0.469 e. The highest BCUT2D eigenvalue weighted by Gasteiger charge is 2.60. The molecule has 4 aliphatic rings. The number of ether oxygens (including phenoxy) is 1. The fourth-order valence-electron chi connectivity index (χ4n) is 8.86. The van der Waals surface area contributed by atoms with Crippen molar-refractivity contribution in [3.63, 3.8) is 0 Å². The third-order valence-electron chi connectivity index (χ3n) is 10.4. The van der Waals surface area contributed by atoms with Crippen LogP contribution in [0, 0.1) is 46.3 Å². The summed E-state index contributed by atoms with van der Waals surface area (Å²) in [6, 6.07) is 0. The van der Waals surface area contributed by atoms with Crippen molar-refractivity contribution in [2.75, 3.05) is 7.11 Å². The minimum Gasteiger partial charge on any atom is -0.469 e. The zero-order chi connectivity index (χ0) is 20.1. The predicted molar refractivity (Wildman–Crippen MR) is 112 cm³/mol. The molecule has 0 amide bonds. The SMILES string of the molecule is COC(=O)CCC(C)C1CCC2C3CC[C@@H]4CC(O)CC[C@]4(C)C3CCC12C. The summed E-state index contributed by atoms with van der Waals surface area (Å²) in [6.45, 7) is 7.56. The highest BCUT2D eigenvalue weighted by atomic mass is 16.5. The van der Waals surface area contributed by atoms with Gasteiger partial charge in [-0.2, -0.15) is 0 Å². The molecule has 9 atom stereocenters. The Morgan fingerprint density at radius 2 is 1.75 bits per heavy atom. The first kappa shape index (κ1) is 20.7. The summed E-state index contributed by atoms with van der Waals surface area (Å²) < 4.78 is 4.88. The zero-order valence-corrected chi connectivity index (χ0v) is 18.6. The Labute approximate surface area is 172 Å². The van der Waals surface area contributed by atoms with Crippen molar-refractivity contribution < 1.29 is 14.6 Å². The second-order valence-corrected chi connectivity index (χ2v) is 11.4. The Kier molecular flexibility index (Phi) is 5.61. The lowest BCUT2D eigenvalue weighted by Crippen LogP contribution is -2.54. The summed E-state index contributed by atoms with van der Waals surface area (Å²) in [4.78, 5) is 11.6. The molecule has 1 N–H and O–H groups in total. The average Bonchev–Trinajstić information content (AvgIpc) is 3.03. The molecule has 160 valence electrons. The van der Waals surface area contributed by atoms with Crippen LogP contribution in [0.25, 0.3) is 0 Å².